The molecule has 4 heteroatoms. The molecule has 118 valence electrons. The van der Waals surface area contributed by atoms with Gasteiger partial charge in [-0.25, -0.2) is 0 Å². The first kappa shape index (κ1) is 17.4. The highest BCUT2D eigenvalue weighted by Gasteiger charge is 2.20. The molecule has 1 fully saturated rings. The fourth-order valence-electron chi connectivity index (χ4n) is 2.56. The molecule has 4 nitrogen and oxygen atoms in total. The Morgan fingerprint density at radius 1 is 1.15 bits per heavy atom. The second-order valence-electron chi connectivity index (χ2n) is 6.34. The van der Waals surface area contributed by atoms with Crippen LogP contribution in [-0.2, 0) is 4.79 Å². The minimum Gasteiger partial charge on any atom is -0.341 e. The minimum absolute atomic E-state index is 0.0440. The Morgan fingerprint density at radius 3 is 2.30 bits per heavy atom. The third-order valence-corrected chi connectivity index (χ3v) is 4.31. The van der Waals surface area contributed by atoms with Crippen LogP contribution < -0.4 is 5.32 Å². The van der Waals surface area contributed by atoms with Crippen LogP contribution in [0.1, 0.15) is 52.9 Å². The molecule has 20 heavy (non-hydrogen) atoms. The topological polar surface area (TPSA) is 35.6 Å². The van der Waals surface area contributed by atoms with Gasteiger partial charge in [-0.1, -0.05) is 12.8 Å². The molecule has 0 aromatic carbocycles. The van der Waals surface area contributed by atoms with E-state index in [1.54, 1.807) is 0 Å². The number of hydrogen-bond acceptors (Lipinski definition) is 3. The van der Waals surface area contributed by atoms with E-state index in [9.17, 15) is 4.79 Å². The number of carbonyl (C=O) groups is 1. The van der Waals surface area contributed by atoms with Crippen molar-refractivity contribution in [2.75, 3.05) is 33.2 Å². The fraction of sp³-hybridized carbons (Fsp3) is 0.938. The first-order chi connectivity index (χ1) is 9.52. The lowest BCUT2D eigenvalue weighted by Crippen LogP contribution is -2.45. The number of carbonyl (C=O) groups excluding carboxylic acids is 1. The molecule has 0 radical (unpaired) electrons. The number of rotatable bonds is 7. The molecule has 0 aliphatic carbocycles. The lowest BCUT2D eigenvalue weighted by Gasteiger charge is -2.25. The largest absolute Gasteiger partial charge is 0.341 e. The number of nitrogens with zero attached hydrogens (tertiary/aromatic N) is 2. The van der Waals surface area contributed by atoms with Crippen molar-refractivity contribution in [1.29, 1.82) is 0 Å². The van der Waals surface area contributed by atoms with Gasteiger partial charge in [-0.05, 0) is 60.2 Å². The second kappa shape index (κ2) is 9.35. The van der Waals surface area contributed by atoms with Gasteiger partial charge < -0.3 is 15.1 Å². The lowest BCUT2D eigenvalue weighted by atomic mass is 10.2. The van der Waals surface area contributed by atoms with Crippen LogP contribution in [0, 0.1) is 0 Å². The van der Waals surface area contributed by atoms with E-state index >= 15 is 0 Å². The first-order valence-electron chi connectivity index (χ1n) is 8.24. The van der Waals surface area contributed by atoms with Crippen molar-refractivity contribution in [3.05, 3.63) is 0 Å². The second-order valence-corrected chi connectivity index (χ2v) is 6.34. The molecule has 1 saturated heterocycles. The Morgan fingerprint density at radius 2 is 1.75 bits per heavy atom. The molecular formula is C16H33N3O. The van der Waals surface area contributed by atoms with Crippen molar-refractivity contribution in [2.45, 2.75) is 65.0 Å². The summed E-state index contributed by atoms with van der Waals surface area (Å²) in [5.74, 6) is 0.282. The molecule has 1 aliphatic rings. The lowest BCUT2D eigenvalue weighted by molar-refractivity contribution is -0.133. The van der Waals surface area contributed by atoms with E-state index in [0.717, 1.165) is 45.4 Å². The normalized spacial score (nSPS) is 18.4. The Kier molecular flexibility index (Phi) is 8.15. The maximum Gasteiger partial charge on any atom is 0.239 e. The van der Waals surface area contributed by atoms with E-state index in [-0.39, 0.29) is 11.9 Å². The van der Waals surface area contributed by atoms with Gasteiger partial charge in [-0.2, -0.15) is 0 Å². The van der Waals surface area contributed by atoms with Crippen molar-refractivity contribution in [2.24, 2.45) is 0 Å². The summed E-state index contributed by atoms with van der Waals surface area (Å²) in [5, 5.41) is 3.38. The maximum absolute atomic E-state index is 12.3. The zero-order valence-corrected chi connectivity index (χ0v) is 13.8. The molecule has 0 bridgehead atoms. The van der Waals surface area contributed by atoms with Gasteiger partial charge in [0.15, 0.2) is 0 Å². The van der Waals surface area contributed by atoms with Crippen molar-refractivity contribution in [3.63, 3.8) is 0 Å². The van der Waals surface area contributed by atoms with E-state index in [1.165, 1.54) is 12.8 Å². The number of amides is 1. The molecule has 0 aromatic heterocycles. The molecule has 0 spiro atoms. The molecule has 0 saturated carbocycles. The minimum atomic E-state index is -0.0440. The molecule has 1 N–H and O–H groups in total. The maximum atomic E-state index is 12.3. The highest BCUT2D eigenvalue weighted by atomic mass is 16.2. The van der Waals surface area contributed by atoms with Crippen LogP contribution >= 0.6 is 0 Å². The Bertz CT molecular complexity index is 273. The van der Waals surface area contributed by atoms with Crippen LogP contribution in [-0.4, -0.2) is 61.0 Å². The van der Waals surface area contributed by atoms with Crippen LogP contribution in [0.4, 0.5) is 0 Å². The summed E-state index contributed by atoms with van der Waals surface area (Å²) in [4.78, 5) is 16.7. The van der Waals surface area contributed by atoms with Crippen molar-refractivity contribution < 1.29 is 4.79 Å². The average molecular weight is 283 g/mol. The molecule has 1 unspecified atom stereocenters. The third-order valence-electron chi connectivity index (χ3n) is 4.31. The Balaban J connectivity index is 2.20. The molecule has 1 amide bonds. The van der Waals surface area contributed by atoms with Crippen molar-refractivity contribution >= 4 is 5.91 Å². The smallest absolute Gasteiger partial charge is 0.239 e. The number of nitrogens with one attached hydrogen (secondary N) is 1. The molecule has 0 aromatic rings. The Hall–Kier alpha value is -0.610. The van der Waals surface area contributed by atoms with Gasteiger partial charge in [0, 0.05) is 19.1 Å². The summed E-state index contributed by atoms with van der Waals surface area (Å²) in [7, 11) is 2.15. The zero-order chi connectivity index (χ0) is 15.0. The molecule has 1 heterocycles. The molecule has 1 aliphatic heterocycles. The molecule has 1 atom stereocenters. The predicted octanol–water partition coefficient (Wildman–Crippen LogP) is 2.10. The first-order valence-corrected chi connectivity index (χ1v) is 8.24. The van der Waals surface area contributed by atoms with Gasteiger partial charge in [0.2, 0.25) is 5.91 Å². The highest BCUT2D eigenvalue weighted by molar-refractivity contribution is 5.81. The third kappa shape index (κ3) is 6.23. The summed E-state index contributed by atoms with van der Waals surface area (Å²) in [6.07, 6.45) is 5.96. The van der Waals surface area contributed by atoms with E-state index in [2.05, 4.69) is 31.1 Å². The Labute approximate surface area is 124 Å². The van der Waals surface area contributed by atoms with Crippen LogP contribution in [0.2, 0.25) is 0 Å². The molecular weight excluding hydrogens is 250 g/mol. The predicted molar refractivity (Wildman–Crippen MR) is 84.9 cm³/mol. The quantitative estimate of drug-likeness (QED) is 0.727. The highest BCUT2D eigenvalue weighted by Crippen LogP contribution is 2.10. The summed E-state index contributed by atoms with van der Waals surface area (Å²) in [6.45, 7) is 10.3. The summed E-state index contributed by atoms with van der Waals surface area (Å²) >= 11 is 0. The summed E-state index contributed by atoms with van der Waals surface area (Å²) in [6, 6.07) is 0.545. The van der Waals surface area contributed by atoms with E-state index in [4.69, 9.17) is 0 Å². The van der Waals surface area contributed by atoms with E-state index in [1.807, 2.05) is 11.8 Å². The zero-order valence-electron chi connectivity index (χ0n) is 13.8. The van der Waals surface area contributed by atoms with Gasteiger partial charge in [0.1, 0.15) is 0 Å². The van der Waals surface area contributed by atoms with Gasteiger partial charge in [-0.3, -0.25) is 4.79 Å². The van der Waals surface area contributed by atoms with Gasteiger partial charge in [0.25, 0.3) is 0 Å². The summed E-state index contributed by atoms with van der Waals surface area (Å²) < 4.78 is 0. The van der Waals surface area contributed by atoms with Crippen molar-refractivity contribution in [1.82, 2.24) is 15.1 Å². The van der Waals surface area contributed by atoms with Gasteiger partial charge >= 0.3 is 0 Å². The van der Waals surface area contributed by atoms with Crippen LogP contribution in [0.3, 0.4) is 0 Å². The van der Waals surface area contributed by atoms with Gasteiger partial charge in [-0.15, -0.1) is 0 Å². The number of likely N-dealkylation sites (tertiary alicyclic amines) is 1. The van der Waals surface area contributed by atoms with Gasteiger partial charge in [0.05, 0.1) is 6.04 Å². The van der Waals surface area contributed by atoms with Crippen LogP contribution in [0.15, 0.2) is 0 Å². The average Bonchev–Trinajstić information content (AvgIpc) is 2.70. The van der Waals surface area contributed by atoms with Crippen LogP contribution in [0.5, 0.6) is 0 Å². The fourth-order valence-corrected chi connectivity index (χ4v) is 2.56. The number of hydrogen-bond donors (Lipinski definition) is 1. The standard InChI is InChI=1S/C16H33N3O/c1-14(2)18(4)11-9-10-17-15(3)16(20)19-12-7-5-6-8-13-19/h14-15,17H,5-13H2,1-4H3. The van der Waals surface area contributed by atoms with E-state index in [0.29, 0.717) is 6.04 Å². The summed E-state index contributed by atoms with van der Waals surface area (Å²) in [5.41, 5.74) is 0. The molecule has 1 rings (SSSR count). The van der Waals surface area contributed by atoms with Crippen LogP contribution in [0.25, 0.3) is 0 Å². The monoisotopic (exact) mass is 283 g/mol. The van der Waals surface area contributed by atoms with E-state index < -0.39 is 0 Å². The van der Waals surface area contributed by atoms with Crippen molar-refractivity contribution in [3.8, 4) is 0 Å². The SMILES string of the molecule is CC(NCCCN(C)C(C)C)C(=O)N1CCCCCC1.